The molecule has 4 heteroatoms. The van der Waals surface area contributed by atoms with Crippen LogP contribution in [-0.2, 0) is 4.79 Å². The maximum Gasteiger partial charge on any atom is 0.251 e. The molecule has 0 radical (unpaired) electrons. The van der Waals surface area contributed by atoms with E-state index in [9.17, 15) is 9.59 Å². The first-order valence-corrected chi connectivity index (χ1v) is 6.23. The Balaban J connectivity index is 1.81. The van der Waals surface area contributed by atoms with Crippen LogP contribution in [-0.4, -0.2) is 23.9 Å². The molecular formula is C14H16N2O2. The Labute approximate surface area is 106 Å². The lowest BCUT2D eigenvalue weighted by molar-refractivity contribution is -0.124. The van der Waals surface area contributed by atoms with Crippen LogP contribution >= 0.6 is 0 Å². The predicted octanol–water partition coefficient (Wildman–Crippen LogP) is 1.09. The van der Waals surface area contributed by atoms with Crippen molar-refractivity contribution in [2.75, 3.05) is 6.54 Å². The zero-order valence-electron chi connectivity index (χ0n) is 10.3. The summed E-state index contributed by atoms with van der Waals surface area (Å²) in [6.07, 6.45) is 1.73. The minimum Gasteiger partial charge on any atom is -0.353 e. The fourth-order valence-corrected chi connectivity index (χ4v) is 2.83. The van der Waals surface area contributed by atoms with Crippen molar-refractivity contribution in [3.8, 4) is 0 Å². The van der Waals surface area contributed by atoms with Crippen molar-refractivity contribution < 1.29 is 9.59 Å². The summed E-state index contributed by atoms with van der Waals surface area (Å²) in [6.45, 7) is 2.48. The number of carbonyl (C=O) groups excluding carboxylic acids is 2. The second kappa shape index (κ2) is 3.57. The van der Waals surface area contributed by atoms with Crippen molar-refractivity contribution in [2.24, 2.45) is 5.41 Å². The average Bonchev–Trinajstić information content (AvgIpc) is 3.15. The SMILES string of the molecule is CC1(NC(=O)c2ccccc2)CNC(=O)C12CC2. The zero-order chi connectivity index (χ0) is 12.8. The summed E-state index contributed by atoms with van der Waals surface area (Å²) in [4.78, 5) is 24.0. The molecule has 3 rings (SSSR count). The van der Waals surface area contributed by atoms with Crippen LogP contribution in [0.15, 0.2) is 30.3 Å². The second-order valence-electron chi connectivity index (χ2n) is 5.42. The summed E-state index contributed by atoms with van der Waals surface area (Å²) in [6, 6.07) is 9.11. The van der Waals surface area contributed by atoms with Crippen LogP contribution in [0.5, 0.6) is 0 Å². The first-order chi connectivity index (χ1) is 8.57. The molecule has 1 unspecified atom stereocenters. The first-order valence-electron chi connectivity index (χ1n) is 6.23. The molecule has 2 fully saturated rings. The van der Waals surface area contributed by atoms with E-state index in [2.05, 4.69) is 10.6 Å². The fourth-order valence-electron chi connectivity index (χ4n) is 2.83. The Kier molecular flexibility index (Phi) is 2.24. The van der Waals surface area contributed by atoms with Crippen molar-refractivity contribution in [1.29, 1.82) is 0 Å². The van der Waals surface area contributed by atoms with Crippen LogP contribution in [0.2, 0.25) is 0 Å². The predicted molar refractivity (Wildman–Crippen MR) is 67.0 cm³/mol. The Morgan fingerprint density at radius 3 is 2.56 bits per heavy atom. The molecule has 1 aliphatic carbocycles. The largest absolute Gasteiger partial charge is 0.353 e. The van der Waals surface area contributed by atoms with Crippen LogP contribution in [0.3, 0.4) is 0 Å². The Morgan fingerprint density at radius 2 is 1.94 bits per heavy atom. The van der Waals surface area contributed by atoms with Crippen molar-refractivity contribution in [2.45, 2.75) is 25.3 Å². The molecule has 18 heavy (non-hydrogen) atoms. The molecule has 1 heterocycles. The van der Waals surface area contributed by atoms with E-state index in [1.807, 2.05) is 25.1 Å². The number of hydrogen-bond acceptors (Lipinski definition) is 2. The molecule has 1 aromatic carbocycles. The molecule has 0 aromatic heterocycles. The van der Waals surface area contributed by atoms with Crippen molar-refractivity contribution >= 4 is 11.8 Å². The average molecular weight is 244 g/mol. The van der Waals surface area contributed by atoms with Crippen molar-refractivity contribution in [3.05, 3.63) is 35.9 Å². The van der Waals surface area contributed by atoms with Crippen LogP contribution in [0.25, 0.3) is 0 Å². The Bertz CT molecular complexity index is 508. The number of hydrogen-bond donors (Lipinski definition) is 2. The van der Waals surface area contributed by atoms with Crippen LogP contribution < -0.4 is 10.6 Å². The van der Waals surface area contributed by atoms with Gasteiger partial charge in [-0.1, -0.05) is 18.2 Å². The van der Waals surface area contributed by atoms with Crippen molar-refractivity contribution in [3.63, 3.8) is 0 Å². The standard InChI is InChI=1S/C14H16N2O2/c1-13(9-15-12(18)14(13)7-8-14)16-11(17)10-5-3-2-4-6-10/h2-6H,7-9H2,1H3,(H,15,18)(H,16,17). The van der Waals surface area contributed by atoms with Gasteiger partial charge >= 0.3 is 0 Å². The van der Waals surface area contributed by atoms with Crippen LogP contribution in [0.1, 0.15) is 30.1 Å². The normalized spacial score (nSPS) is 27.9. The molecule has 1 saturated heterocycles. The molecule has 1 atom stereocenters. The van der Waals surface area contributed by atoms with E-state index in [4.69, 9.17) is 0 Å². The summed E-state index contributed by atoms with van der Waals surface area (Å²) < 4.78 is 0. The minimum atomic E-state index is -0.461. The molecule has 4 nitrogen and oxygen atoms in total. The van der Waals surface area contributed by atoms with E-state index in [1.54, 1.807) is 12.1 Å². The van der Waals surface area contributed by atoms with E-state index < -0.39 is 5.54 Å². The van der Waals surface area contributed by atoms with Gasteiger partial charge in [0.25, 0.3) is 5.91 Å². The number of rotatable bonds is 2. The van der Waals surface area contributed by atoms with Gasteiger partial charge in [-0.3, -0.25) is 9.59 Å². The topological polar surface area (TPSA) is 58.2 Å². The highest BCUT2D eigenvalue weighted by molar-refractivity contribution is 5.97. The summed E-state index contributed by atoms with van der Waals surface area (Å²) in [7, 11) is 0. The molecule has 94 valence electrons. The van der Waals surface area contributed by atoms with Gasteiger partial charge in [0, 0.05) is 12.1 Å². The third kappa shape index (κ3) is 1.45. The Morgan fingerprint density at radius 1 is 1.28 bits per heavy atom. The third-order valence-corrected chi connectivity index (χ3v) is 4.27. The second-order valence-corrected chi connectivity index (χ2v) is 5.42. The lowest BCUT2D eigenvalue weighted by Crippen LogP contribution is -2.53. The maximum absolute atomic E-state index is 12.2. The molecule has 0 bridgehead atoms. The number of benzene rings is 1. The molecule has 1 saturated carbocycles. The molecule has 1 spiro atoms. The van der Waals surface area contributed by atoms with E-state index in [1.165, 1.54) is 0 Å². The number of nitrogens with one attached hydrogen (secondary N) is 2. The molecule has 2 N–H and O–H groups in total. The fraction of sp³-hybridized carbons (Fsp3) is 0.429. The van der Waals surface area contributed by atoms with E-state index in [-0.39, 0.29) is 17.2 Å². The monoisotopic (exact) mass is 244 g/mol. The summed E-state index contributed by atoms with van der Waals surface area (Å²) in [5, 5.41) is 5.90. The van der Waals surface area contributed by atoms with Gasteiger partial charge in [-0.2, -0.15) is 0 Å². The quantitative estimate of drug-likeness (QED) is 0.818. The van der Waals surface area contributed by atoms with Crippen molar-refractivity contribution in [1.82, 2.24) is 10.6 Å². The highest BCUT2D eigenvalue weighted by Gasteiger charge is 2.66. The number of carbonyl (C=O) groups is 2. The van der Waals surface area contributed by atoms with Gasteiger partial charge in [-0.15, -0.1) is 0 Å². The molecule has 2 amide bonds. The van der Waals surface area contributed by atoms with Gasteiger partial charge in [0.05, 0.1) is 11.0 Å². The van der Waals surface area contributed by atoms with Gasteiger partial charge in [0.15, 0.2) is 0 Å². The van der Waals surface area contributed by atoms with Crippen LogP contribution in [0, 0.1) is 5.41 Å². The minimum absolute atomic E-state index is 0.0818. The van der Waals surface area contributed by atoms with Gasteiger partial charge in [0.1, 0.15) is 0 Å². The van der Waals surface area contributed by atoms with Gasteiger partial charge in [-0.05, 0) is 31.9 Å². The van der Waals surface area contributed by atoms with E-state index in [0.29, 0.717) is 12.1 Å². The maximum atomic E-state index is 12.2. The highest BCUT2D eigenvalue weighted by atomic mass is 16.2. The lowest BCUT2D eigenvalue weighted by Gasteiger charge is -2.30. The van der Waals surface area contributed by atoms with E-state index in [0.717, 1.165) is 12.8 Å². The van der Waals surface area contributed by atoms with Gasteiger partial charge in [-0.25, -0.2) is 0 Å². The van der Waals surface area contributed by atoms with Gasteiger partial charge in [0.2, 0.25) is 5.91 Å². The van der Waals surface area contributed by atoms with Crippen LogP contribution in [0.4, 0.5) is 0 Å². The summed E-state index contributed by atoms with van der Waals surface area (Å²) >= 11 is 0. The molecule has 1 aromatic rings. The number of amides is 2. The zero-order valence-corrected chi connectivity index (χ0v) is 10.3. The third-order valence-electron chi connectivity index (χ3n) is 4.27. The Hall–Kier alpha value is -1.84. The lowest BCUT2D eigenvalue weighted by atomic mass is 9.85. The molecular weight excluding hydrogens is 228 g/mol. The smallest absolute Gasteiger partial charge is 0.251 e. The van der Waals surface area contributed by atoms with Gasteiger partial charge < -0.3 is 10.6 Å². The highest BCUT2D eigenvalue weighted by Crippen LogP contribution is 2.56. The molecule has 1 aliphatic heterocycles. The first kappa shape index (κ1) is 11.3. The van der Waals surface area contributed by atoms with E-state index >= 15 is 0 Å². The summed E-state index contributed by atoms with van der Waals surface area (Å²) in [5.41, 5.74) is -0.192. The summed E-state index contributed by atoms with van der Waals surface area (Å²) in [5.74, 6) is -0.0285. The molecule has 2 aliphatic rings.